The number of carboxylic acid groups (broad SMARTS) is 1. The molecular weight excluding hydrogens is 168 g/mol. The molecule has 1 atom stereocenters. The Bertz CT molecular complexity index is 254. The molecule has 0 bridgehead atoms. The topological polar surface area (TPSA) is 71.4 Å². The number of rotatable bonds is 2. The van der Waals surface area contributed by atoms with Crippen LogP contribution in [0.1, 0.15) is 19.3 Å². The molecule has 1 rings (SSSR count). The molecule has 0 radical (unpaired) electrons. The first-order chi connectivity index (χ1) is 5.02. The van der Waals surface area contributed by atoms with Gasteiger partial charge in [-0.25, -0.2) is 8.42 Å². The molecule has 0 spiro atoms. The van der Waals surface area contributed by atoms with Crippen LogP contribution in [0, 0.1) is 0 Å². The normalized spacial score (nSPS) is 28.5. The SMILES string of the molecule is O=C(O)C[C@H]1CCCS1(=O)=O. The zero-order valence-electron chi connectivity index (χ0n) is 5.99. The number of hydrogen-bond donors (Lipinski definition) is 1. The first-order valence-electron chi connectivity index (χ1n) is 3.46. The molecule has 5 heteroatoms. The van der Waals surface area contributed by atoms with Gasteiger partial charge >= 0.3 is 5.97 Å². The van der Waals surface area contributed by atoms with E-state index in [1.807, 2.05) is 0 Å². The van der Waals surface area contributed by atoms with Gasteiger partial charge in [-0.3, -0.25) is 4.79 Å². The molecule has 1 aliphatic heterocycles. The zero-order valence-corrected chi connectivity index (χ0v) is 6.80. The minimum atomic E-state index is -3.06. The van der Waals surface area contributed by atoms with Crippen molar-refractivity contribution >= 4 is 15.8 Å². The summed E-state index contributed by atoms with van der Waals surface area (Å²) in [6.45, 7) is 0. The van der Waals surface area contributed by atoms with Gasteiger partial charge in [0, 0.05) is 0 Å². The molecule has 1 aliphatic rings. The van der Waals surface area contributed by atoms with E-state index in [-0.39, 0.29) is 12.2 Å². The van der Waals surface area contributed by atoms with Gasteiger partial charge in [0.2, 0.25) is 0 Å². The summed E-state index contributed by atoms with van der Waals surface area (Å²) in [5.41, 5.74) is 0. The van der Waals surface area contributed by atoms with Crippen molar-refractivity contribution in [3.05, 3.63) is 0 Å². The van der Waals surface area contributed by atoms with E-state index in [0.29, 0.717) is 12.8 Å². The molecule has 0 aromatic heterocycles. The summed E-state index contributed by atoms with van der Waals surface area (Å²) in [6.07, 6.45) is 0.886. The largest absolute Gasteiger partial charge is 0.481 e. The van der Waals surface area contributed by atoms with E-state index in [1.54, 1.807) is 0 Å². The highest BCUT2D eigenvalue weighted by atomic mass is 32.2. The second-order valence-electron chi connectivity index (χ2n) is 2.73. The van der Waals surface area contributed by atoms with Gasteiger partial charge in [-0.1, -0.05) is 0 Å². The summed E-state index contributed by atoms with van der Waals surface area (Å²) in [4.78, 5) is 10.2. The highest BCUT2D eigenvalue weighted by molar-refractivity contribution is 7.92. The molecule has 0 aromatic rings. The Hall–Kier alpha value is -0.580. The molecule has 64 valence electrons. The Morgan fingerprint density at radius 1 is 1.55 bits per heavy atom. The van der Waals surface area contributed by atoms with Crippen LogP contribution in [0.15, 0.2) is 0 Å². The lowest BCUT2D eigenvalue weighted by atomic mass is 10.2. The summed E-state index contributed by atoms with van der Waals surface area (Å²) in [6, 6.07) is 0. The molecule has 1 N–H and O–H groups in total. The summed E-state index contributed by atoms with van der Waals surface area (Å²) >= 11 is 0. The fraction of sp³-hybridized carbons (Fsp3) is 0.833. The smallest absolute Gasteiger partial charge is 0.304 e. The molecule has 1 saturated heterocycles. The van der Waals surface area contributed by atoms with Crippen LogP contribution in [0.3, 0.4) is 0 Å². The standard InChI is InChI=1S/C6H10O4S/c7-6(8)4-5-2-1-3-11(5,9)10/h5H,1-4H2,(H,7,8)/t5-/m1/s1. The molecule has 0 aromatic carbocycles. The lowest BCUT2D eigenvalue weighted by Gasteiger charge is -2.03. The third-order valence-corrected chi connectivity index (χ3v) is 4.14. The van der Waals surface area contributed by atoms with E-state index in [9.17, 15) is 13.2 Å². The number of hydrogen-bond acceptors (Lipinski definition) is 3. The minimum Gasteiger partial charge on any atom is -0.481 e. The van der Waals surface area contributed by atoms with Crippen molar-refractivity contribution in [2.45, 2.75) is 24.5 Å². The molecular formula is C6H10O4S. The average molecular weight is 178 g/mol. The monoisotopic (exact) mass is 178 g/mol. The Morgan fingerprint density at radius 3 is 2.55 bits per heavy atom. The van der Waals surface area contributed by atoms with Crippen LogP contribution < -0.4 is 0 Å². The van der Waals surface area contributed by atoms with E-state index in [4.69, 9.17) is 5.11 Å². The van der Waals surface area contributed by atoms with Crippen LogP contribution >= 0.6 is 0 Å². The van der Waals surface area contributed by atoms with Crippen molar-refractivity contribution in [2.75, 3.05) is 5.75 Å². The second-order valence-corrected chi connectivity index (χ2v) is 5.13. The lowest BCUT2D eigenvalue weighted by Crippen LogP contribution is -2.19. The third-order valence-electron chi connectivity index (χ3n) is 1.87. The Labute approximate surface area is 65.1 Å². The van der Waals surface area contributed by atoms with E-state index < -0.39 is 21.1 Å². The van der Waals surface area contributed by atoms with Crippen molar-refractivity contribution in [2.24, 2.45) is 0 Å². The van der Waals surface area contributed by atoms with Crippen molar-refractivity contribution in [1.82, 2.24) is 0 Å². The molecule has 0 unspecified atom stereocenters. The maximum absolute atomic E-state index is 11.0. The fourth-order valence-corrected chi connectivity index (χ4v) is 3.11. The van der Waals surface area contributed by atoms with Gasteiger partial charge < -0.3 is 5.11 Å². The Balaban J connectivity index is 2.66. The Kier molecular flexibility index (Phi) is 2.17. The van der Waals surface area contributed by atoms with E-state index in [0.717, 1.165) is 0 Å². The van der Waals surface area contributed by atoms with Crippen molar-refractivity contribution < 1.29 is 18.3 Å². The molecule has 4 nitrogen and oxygen atoms in total. The zero-order chi connectivity index (χ0) is 8.48. The molecule has 1 fully saturated rings. The van der Waals surface area contributed by atoms with Crippen LogP contribution in [0.5, 0.6) is 0 Å². The molecule has 0 amide bonds. The van der Waals surface area contributed by atoms with E-state index >= 15 is 0 Å². The van der Waals surface area contributed by atoms with Crippen molar-refractivity contribution in [3.8, 4) is 0 Å². The predicted molar refractivity (Wildman–Crippen MR) is 39.1 cm³/mol. The predicted octanol–water partition coefficient (Wildman–Crippen LogP) is 0.0383. The maximum Gasteiger partial charge on any atom is 0.304 e. The number of aliphatic carboxylic acids is 1. The van der Waals surface area contributed by atoms with E-state index in [1.165, 1.54) is 0 Å². The number of carboxylic acids is 1. The van der Waals surface area contributed by atoms with Crippen LogP contribution in [0.4, 0.5) is 0 Å². The Morgan fingerprint density at radius 2 is 2.18 bits per heavy atom. The summed E-state index contributed by atoms with van der Waals surface area (Å²) in [7, 11) is -3.06. The van der Waals surface area contributed by atoms with Crippen molar-refractivity contribution in [3.63, 3.8) is 0 Å². The third kappa shape index (κ3) is 1.92. The second kappa shape index (κ2) is 2.81. The summed E-state index contributed by atoms with van der Waals surface area (Å²) in [5.74, 6) is -0.870. The average Bonchev–Trinajstić information content (AvgIpc) is 2.10. The van der Waals surface area contributed by atoms with Gasteiger partial charge in [-0.05, 0) is 12.8 Å². The summed E-state index contributed by atoms with van der Waals surface area (Å²) < 4.78 is 22.1. The van der Waals surface area contributed by atoms with Crippen LogP contribution in [-0.2, 0) is 14.6 Å². The molecule has 1 heterocycles. The molecule has 0 saturated carbocycles. The first-order valence-corrected chi connectivity index (χ1v) is 5.17. The van der Waals surface area contributed by atoms with Gasteiger partial charge in [-0.15, -0.1) is 0 Å². The highest BCUT2D eigenvalue weighted by Gasteiger charge is 2.32. The minimum absolute atomic E-state index is 0.158. The van der Waals surface area contributed by atoms with Crippen LogP contribution in [-0.4, -0.2) is 30.5 Å². The summed E-state index contributed by atoms with van der Waals surface area (Å²) in [5, 5.41) is 7.72. The van der Waals surface area contributed by atoms with Gasteiger partial charge in [0.25, 0.3) is 0 Å². The highest BCUT2D eigenvalue weighted by Crippen LogP contribution is 2.22. The maximum atomic E-state index is 11.0. The van der Waals surface area contributed by atoms with Gasteiger partial charge in [0.1, 0.15) is 0 Å². The quantitative estimate of drug-likeness (QED) is 0.648. The van der Waals surface area contributed by atoms with Gasteiger partial charge in [0.15, 0.2) is 9.84 Å². The van der Waals surface area contributed by atoms with Gasteiger partial charge in [-0.2, -0.15) is 0 Å². The fourth-order valence-electron chi connectivity index (χ4n) is 1.28. The van der Waals surface area contributed by atoms with Crippen molar-refractivity contribution in [1.29, 1.82) is 0 Å². The molecule has 0 aliphatic carbocycles. The number of sulfone groups is 1. The lowest BCUT2D eigenvalue weighted by molar-refractivity contribution is -0.137. The van der Waals surface area contributed by atoms with Crippen LogP contribution in [0.2, 0.25) is 0 Å². The first kappa shape index (κ1) is 8.52. The molecule has 11 heavy (non-hydrogen) atoms. The van der Waals surface area contributed by atoms with Gasteiger partial charge in [0.05, 0.1) is 17.4 Å². The number of carbonyl (C=O) groups is 1. The van der Waals surface area contributed by atoms with Crippen LogP contribution in [0.25, 0.3) is 0 Å². The van der Waals surface area contributed by atoms with E-state index in [2.05, 4.69) is 0 Å².